The molecule has 0 spiro atoms. The first kappa shape index (κ1) is 25.0. The number of benzene rings is 3. The Labute approximate surface area is 221 Å². The molecule has 5 rings (SSSR count). The number of hydrogen-bond acceptors (Lipinski definition) is 5. The highest BCUT2D eigenvalue weighted by Gasteiger charge is 2.39. The number of carbonyl (C=O) groups is 2. The quantitative estimate of drug-likeness (QED) is 0.439. The van der Waals surface area contributed by atoms with E-state index in [2.05, 4.69) is 53.6 Å². The lowest BCUT2D eigenvalue weighted by atomic mass is 9.97. The summed E-state index contributed by atoms with van der Waals surface area (Å²) in [5.41, 5.74) is 7.31. The molecule has 0 aromatic heterocycles. The maximum atomic E-state index is 12.9. The summed E-state index contributed by atoms with van der Waals surface area (Å²) in [6, 6.07) is 24.4. The van der Waals surface area contributed by atoms with E-state index in [1.807, 2.05) is 55.3 Å². The summed E-state index contributed by atoms with van der Waals surface area (Å²) in [5, 5.41) is 9.73. The van der Waals surface area contributed by atoms with Crippen molar-refractivity contribution in [1.82, 2.24) is 5.01 Å². The van der Waals surface area contributed by atoms with Crippen molar-refractivity contribution in [3.63, 3.8) is 0 Å². The minimum Gasteiger partial charge on any atom is -0.326 e. The van der Waals surface area contributed by atoms with Gasteiger partial charge in [-0.25, -0.2) is 5.01 Å². The Balaban J connectivity index is 1.35. The van der Waals surface area contributed by atoms with E-state index in [1.54, 1.807) is 0 Å². The van der Waals surface area contributed by atoms with Crippen molar-refractivity contribution in [1.29, 1.82) is 0 Å². The molecule has 0 radical (unpaired) electrons. The van der Waals surface area contributed by atoms with Gasteiger partial charge in [0.15, 0.2) is 5.17 Å². The normalized spacial score (nSPS) is 19.1. The average molecular weight is 511 g/mol. The Hall–Kier alpha value is -3.71. The summed E-state index contributed by atoms with van der Waals surface area (Å²) in [4.78, 5) is 30.0. The molecule has 0 bridgehead atoms. The molecule has 0 unspecified atom stereocenters. The van der Waals surface area contributed by atoms with Crippen LogP contribution >= 0.6 is 11.8 Å². The van der Waals surface area contributed by atoms with Crippen LogP contribution in [0.1, 0.15) is 53.6 Å². The first-order chi connectivity index (χ1) is 17.9. The van der Waals surface area contributed by atoms with Crippen LogP contribution in [0.2, 0.25) is 0 Å². The molecule has 0 saturated carbocycles. The van der Waals surface area contributed by atoms with E-state index in [1.165, 1.54) is 17.3 Å². The van der Waals surface area contributed by atoms with E-state index in [4.69, 9.17) is 5.10 Å². The maximum Gasteiger partial charge on any atom is 0.262 e. The highest BCUT2D eigenvalue weighted by Crippen LogP contribution is 2.38. The fraction of sp³-hybridized carbons (Fsp3) is 0.267. The number of thioether (sulfide) groups is 1. The molecule has 7 heteroatoms. The molecule has 188 valence electrons. The van der Waals surface area contributed by atoms with Crippen LogP contribution in [0.4, 0.5) is 5.69 Å². The van der Waals surface area contributed by atoms with Crippen LogP contribution < -0.4 is 5.32 Å². The second kappa shape index (κ2) is 10.7. The molecule has 0 saturated heterocycles. The number of carbonyl (C=O) groups excluding carboxylic acids is 2. The second-order valence-corrected chi connectivity index (χ2v) is 10.6. The smallest absolute Gasteiger partial charge is 0.262 e. The van der Waals surface area contributed by atoms with Gasteiger partial charge in [0.2, 0.25) is 5.91 Å². The number of nitrogens with one attached hydrogen (secondary N) is 1. The van der Waals surface area contributed by atoms with Crippen molar-refractivity contribution < 1.29 is 9.59 Å². The minimum atomic E-state index is -0.570. The Morgan fingerprint density at radius 1 is 1.03 bits per heavy atom. The van der Waals surface area contributed by atoms with E-state index in [0.717, 1.165) is 40.1 Å². The predicted octanol–water partition coefficient (Wildman–Crippen LogP) is 6.04. The third-order valence-corrected chi connectivity index (χ3v) is 8.11. The highest BCUT2D eigenvalue weighted by molar-refractivity contribution is 8.15. The van der Waals surface area contributed by atoms with Crippen molar-refractivity contribution in [2.75, 3.05) is 5.32 Å². The molecule has 2 aliphatic rings. The number of anilines is 1. The molecule has 3 aromatic rings. The van der Waals surface area contributed by atoms with Gasteiger partial charge in [-0.2, -0.15) is 10.1 Å². The van der Waals surface area contributed by atoms with Crippen LogP contribution in [0.25, 0.3) is 0 Å². The summed E-state index contributed by atoms with van der Waals surface area (Å²) < 4.78 is 0. The van der Waals surface area contributed by atoms with Crippen LogP contribution in [-0.4, -0.2) is 33.0 Å². The largest absolute Gasteiger partial charge is 0.326 e. The lowest BCUT2D eigenvalue weighted by molar-refractivity contribution is -0.121. The number of hydrazone groups is 1. The molecule has 0 fully saturated rings. The van der Waals surface area contributed by atoms with Gasteiger partial charge in [-0.15, -0.1) is 0 Å². The van der Waals surface area contributed by atoms with Gasteiger partial charge in [-0.05, 0) is 54.2 Å². The van der Waals surface area contributed by atoms with Gasteiger partial charge in [-0.1, -0.05) is 85.4 Å². The van der Waals surface area contributed by atoms with Crippen LogP contribution in [0.5, 0.6) is 0 Å². The summed E-state index contributed by atoms with van der Waals surface area (Å²) in [6.07, 6.45) is 1.74. The Kier molecular flexibility index (Phi) is 7.24. The number of aliphatic imine (C=N–C) groups is 1. The van der Waals surface area contributed by atoms with Crippen molar-refractivity contribution in [2.24, 2.45) is 10.1 Å². The van der Waals surface area contributed by atoms with Crippen molar-refractivity contribution >= 4 is 40.1 Å². The number of amides is 2. The van der Waals surface area contributed by atoms with Gasteiger partial charge in [0.25, 0.3) is 5.91 Å². The molecular formula is C30H30N4O2S. The van der Waals surface area contributed by atoms with E-state index in [9.17, 15) is 9.59 Å². The van der Waals surface area contributed by atoms with Crippen molar-refractivity contribution in [2.45, 2.75) is 51.3 Å². The van der Waals surface area contributed by atoms with Crippen molar-refractivity contribution in [3.05, 3.63) is 101 Å². The Morgan fingerprint density at radius 2 is 1.78 bits per heavy atom. The Morgan fingerprint density at radius 3 is 2.51 bits per heavy atom. The second-order valence-electron chi connectivity index (χ2n) is 9.41. The van der Waals surface area contributed by atoms with Gasteiger partial charge in [-0.3, -0.25) is 9.59 Å². The lowest BCUT2D eigenvalue weighted by Gasteiger charge is -2.23. The number of rotatable bonds is 6. The van der Waals surface area contributed by atoms with E-state index >= 15 is 0 Å². The maximum absolute atomic E-state index is 12.9. The van der Waals surface area contributed by atoms with Gasteiger partial charge >= 0.3 is 0 Å². The van der Waals surface area contributed by atoms with E-state index < -0.39 is 5.25 Å². The molecule has 2 atom stereocenters. The molecular weight excluding hydrogens is 480 g/mol. The number of hydrogen-bond donors (Lipinski definition) is 1. The van der Waals surface area contributed by atoms with Crippen LogP contribution in [0.15, 0.2) is 82.9 Å². The summed E-state index contributed by atoms with van der Waals surface area (Å²) in [5.74, 6) is -0.489. The molecule has 2 amide bonds. The summed E-state index contributed by atoms with van der Waals surface area (Å²) in [7, 11) is 0. The summed E-state index contributed by atoms with van der Waals surface area (Å²) in [6.45, 7) is 6.12. The van der Waals surface area contributed by atoms with Crippen LogP contribution in [0, 0.1) is 13.8 Å². The third-order valence-electron chi connectivity index (χ3n) is 6.96. The summed E-state index contributed by atoms with van der Waals surface area (Å²) >= 11 is 1.32. The molecule has 3 aromatic carbocycles. The predicted molar refractivity (Wildman–Crippen MR) is 151 cm³/mol. The van der Waals surface area contributed by atoms with Crippen molar-refractivity contribution in [3.8, 4) is 0 Å². The number of aryl methyl sites for hydroxylation is 2. The standard InChI is InChI=1S/C30H30N4O2S/c1-4-21-13-15-23(16-14-21)26-17-25(22-10-6-5-7-11-22)33-34(26)30-32-29(36)27(37-30)18-28(35)31-24-12-8-9-19(2)20(24)3/h5-16,26-27H,4,17-18H2,1-3H3,(H,31,35)/t26-,27-/m1/s1. The minimum absolute atomic E-state index is 0.0584. The zero-order valence-corrected chi connectivity index (χ0v) is 22.1. The van der Waals surface area contributed by atoms with Gasteiger partial charge in [0.1, 0.15) is 5.25 Å². The average Bonchev–Trinajstić information content (AvgIpc) is 3.51. The van der Waals surface area contributed by atoms with Gasteiger partial charge in [0, 0.05) is 18.5 Å². The van der Waals surface area contributed by atoms with E-state index in [-0.39, 0.29) is 24.3 Å². The number of amidine groups is 1. The fourth-order valence-electron chi connectivity index (χ4n) is 4.59. The first-order valence-corrected chi connectivity index (χ1v) is 13.5. The molecule has 2 aliphatic heterocycles. The third kappa shape index (κ3) is 5.37. The Bertz CT molecular complexity index is 1380. The topological polar surface area (TPSA) is 74.1 Å². The number of nitrogens with zero attached hydrogens (tertiary/aromatic N) is 3. The monoisotopic (exact) mass is 510 g/mol. The SMILES string of the molecule is CCc1ccc([C@H]2CC(c3ccccc3)=NN2C2=NC(=O)[C@@H](CC(=O)Nc3cccc(C)c3C)S2)cc1. The molecule has 6 nitrogen and oxygen atoms in total. The molecule has 0 aliphatic carbocycles. The van der Waals surface area contributed by atoms with Crippen LogP contribution in [0.3, 0.4) is 0 Å². The molecule has 1 N–H and O–H groups in total. The van der Waals surface area contributed by atoms with E-state index in [0.29, 0.717) is 11.6 Å². The lowest BCUT2D eigenvalue weighted by Crippen LogP contribution is -2.25. The fourth-order valence-corrected chi connectivity index (χ4v) is 5.65. The first-order valence-electron chi connectivity index (χ1n) is 12.6. The molecule has 2 heterocycles. The van der Waals surface area contributed by atoms with Gasteiger partial charge < -0.3 is 5.32 Å². The molecule has 37 heavy (non-hydrogen) atoms. The zero-order valence-electron chi connectivity index (χ0n) is 21.3. The highest BCUT2D eigenvalue weighted by atomic mass is 32.2. The van der Waals surface area contributed by atoms with Crippen LogP contribution in [-0.2, 0) is 16.0 Å². The van der Waals surface area contributed by atoms with Gasteiger partial charge in [0.05, 0.1) is 11.8 Å². The zero-order chi connectivity index (χ0) is 25.9.